The van der Waals surface area contributed by atoms with E-state index in [4.69, 9.17) is 43.8 Å². The lowest BCUT2D eigenvalue weighted by Gasteiger charge is -2.39. The fraction of sp³-hybridized carbons (Fsp3) is 0.812. The van der Waals surface area contributed by atoms with Crippen molar-refractivity contribution in [1.82, 2.24) is 14.2 Å². The molecule has 2 heterocycles. The monoisotopic (exact) mass is 750 g/mol. The smallest absolute Gasteiger partial charge is 0.330 e. The van der Waals surface area contributed by atoms with Gasteiger partial charge in [-0.1, -0.05) is 6.92 Å². The predicted octanol–water partition coefficient (Wildman–Crippen LogP) is 4.11. The molecule has 1 saturated heterocycles. The molecule has 18 heteroatoms. The number of esters is 1. The average Bonchev–Trinajstić information content (AvgIpc) is 3.37. The van der Waals surface area contributed by atoms with E-state index in [-0.39, 0.29) is 63.4 Å². The van der Waals surface area contributed by atoms with Crippen LogP contribution in [0, 0.1) is 13.5 Å². The summed E-state index contributed by atoms with van der Waals surface area (Å²) in [7, 11) is -3.67. The minimum Gasteiger partial charge on any atom is -0.463 e. The molecule has 1 aromatic rings. The van der Waals surface area contributed by atoms with Crippen molar-refractivity contribution in [2.24, 2.45) is 0 Å². The molecule has 286 valence electrons. The van der Waals surface area contributed by atoms with Gasteiger partial charge in [0, 0.05) is 44.5 Å². The number of nitrogens with zero attached hydrogens (tertiary/aromatic N) is 3. The van der Waals surface area contributed by atoms with Gasteiger partial charge in [0.25, 0.3) is 14.1 Å². The summed E-state index contributed by atoms with van der Waals surface area (Å²) in [4.78, 5) is 43.2. The molecule has 1 aliphatic rings. The van der Waals surface area contributed by atoms with Gasteiger partial charge in [-0.3, -0.25) is 23.7 Å². The second-order valence-corrected chi connectivity index (χ2v) is 16.6. The summed E-state index contributed by atoms with van der Waals surface area (Å²) >= 11 is 0. The van der Waals surface area contributed by atoms with E-state index in [1.807, 2.05) is 39.3 Å². The molecule has 2 rings (SSSR count). The highest BCUT2D eigenvalue weighted by atomic mass is 31.2. The summed E-state index contributed by atoms with van der Waals surface area (Å²) in [5.74, 6) is -0.485. The number of ether oxygens (including phenoxy) is 5. The molecule has 0 bridgehead atoms. The molecule has 0 spiro atoms. The average molecular weight is 751 g/mol. The molecular weight excluding hydrogens is 694 g/mol. The van der Waals surface area contributed by atoms with Crippen molar-refractivity contribution in [1.29, 1.82) is 0 Å². The molecular formula is C32H56N4O12P2. The van der Waals surface area contributed by atoms with Crippen LogP contribution in [0.1, 0.15) is 66.7 Å². The Hall–Kier alpha value is -2.02. The number of nitrogens with one attached hydrogen (secondary N) is 1. The third kappa shape index (κ3) is 13.2. The summed E-state index contributed by atoms with van der Waals surface area (Å²) in [6.07, 6.45) is -4.15. The van der Waals surface area contributed by atoms with E-state index in [0.717, 1.165) is 0 Å². The Balaban J connectivity index is 2.84. The van der Waals surface area contributed by atoms with E-state index in [0.29, 0.717) is 6.42 Å². The standard InChI is InChI=1S/C32H56N4O12P2/c1-12-25(19-43-24(8)37)46-26(20-50(11,40)45-13-2)27-28(48-49(44-15-14-33-9)36(21(3)4)22(5)6)29(42-17-16-41-10)31(47-27)35-18-23(7)30(38)34-32(35)39/h18,21-22,25-29,31H,12-17,19-20H2,1-8,10-11H3,(H,34,38,39)/t25?,26-,27-,28-,29-,31-,49?,50?/m1/s1. The van der Waals surface area contributed by atoms with Gasteiger partial charge in [0.05, 0.1) is 38.2 Å². The molecule has 0 aromatic carbocycles. The largest absolute Gasteiger partial charge is 0.463 e. The van der Waals surface area contributed by atoms with Crippen LogP contribution in [0.25, 0.3) is 4.85 Å². The molecule has 3 unspecified atom stereocenters. The highest BCUT2D eigenvalue weighted by molar-refractivity contribution is 7.58. The lowest BCUT2D eigenvalue weighted by Crippen LogP contribution is -2.47. The lowest BCUT2D eigenvalue weighted by atomic mass is 10.1. The van der Waals surface area contributed by atoms with Crippen molar-refractivity contribution in [2.45, 2.75) is 111 Å². The summed E-state index contributed by atoms with van der Waals surface area (Å²) in [5.41, 5.74) is -1.02. The van der Waals surface area contributed by atoms with Crippen molar-refractivity contribution in [3.63, 3.8) is 0 Å². The Bertz CT molecular complexity index is 1390. The van der Waals surface area contributed by atoms with Gasteiger partial charge in [-0.25, -0.2) is 16.0 Å². The van der Waals surface area contributed by atoms with Crippen molar-refractivity contribution in [3.8, 4) is 0 Å². The first-order valence-electron chi connectivity index (χ1n) is 16.9. The number of carbonyl (C=O) groups is 1. The van der Waals surface area contributed by atoms with Gasteiger partial charge in [-0.15, -0.1) is 0 Å². The van der Waals surface area contributed by atoms with Gasteiger partial charge < -0.3 is 42.1 Å². The van der Waals surface area contributed by atoms with Crippen LogP contribution in [-0.2, 0) is 46.6 Å². The van der Waals surface area contributed by atoms with Gasteiger partial charge in [-0.2, -0.15) is 0 Å². The molecule has 0 radical (unpaired) electrons. The number of H-pyrrole nitrogens is 1. The zero-order chi connectivity index (χ0) is 37.6. The van der Waals surface area contributed by atoms with Gasteiger partial charge in [-0.05, 0) is 48.0 Å². The number of aromatic nitrogens is 2. The molecule has 0 saturated carbocycles. The van der Waals surface area contributed by atoms with E-state index < -0.39 is 69.9 Å². The molecule has 0 aliphatic carbocycles. The first-order chi connectivity index (χ1) is 23.6. The summed E-state index contributed by atoms with van der Waals surface area (Å²) in [6.45, 7) is 23.9. The third-order valence-corrected chi connectivity index (χ3v) is 11.6. The normalized spacial score (nSPS) is 22.4. The van der Waals surface area contributed by atoms with Crippen LogP contribution in [0.2, 0.25) is 0 Å². The van der Waals surface area contributed by atoms with E-state index >= 15 is 0 Å². The van der Waals surface area contributed by atoms with Crippen molar-refractivity contribution >= 4 is 21.9 Å². The minimum atomic E-state index is -3.31. The Morgan fingerprint density at radius 2 is 1.84 bits per heavy atom. The van der Waals surface area contributed by atoms with Crippen LogP contribution >= 0.6 is 15.9 Å². The van der Waals surface area contributed by atoms with Gasteiger partial charge in [0.1, 0.15) is 31.5 Å². The Morgan fingerprint density at radius 3 is 2.40 bits per heavy atom. The SMILES string of the molecule is [C-]#[N+]CCOP(O[C@H]1[C@@H](OCCOC)[C@H](n2cc(C)c(=O)[nH]c2=O)O[C@@H]1[C@@H](CP(C)(=O)OCC)OC(CC)COC(C)=O)N(C(C)C)C(C)C. The van der Waals surface area contributed by atoms with Gasteiger partial charge >= 0.3 is 11.7 Å². The van der Waals surface area contributed by atoms with E-state index in [1.54, 1.807) is 13.8 Å². The summed E-state index contributed by atoms with van der Waals surface area (Å²) < 4.78 is 66.1. The van der Waals surface area contributed by atoms with Crippen LogP contribution in [0.15, 0.2) is 15.8 Å². The summed E-state index contributed by atoms with van der Waals surface area (Å²) in [5, 5.41) is 0. The minimum absolute atomic E-state index is 0.0444. The van der Waals surface area contributed by atoms with Gasteiger partial charge in [0.2, 0.25) is 13.9 Å². The van der Waals surface area contributed by atoms with Crippen molar-refractivity contribution < 1.29 is 46.6 Å². The van der Waals surface area contributed by atoms with Crippen molar-refractivity contribution in [2.75, 3.05) is 59.5 Å². The molecule has 1 aromatic heterocycles. The zero-order valence-electron chi connectivity index (χ0n) is 31.0. The van der Waals surface area contributed by atoms with Crippen LogP contribution in [0.5, 0.6) is 0 Å². The number of rotatable bonds is 23. The van der Waals surface area contributed by atoms with Crippen LogP contribution in [-0.4, -0.2) is 122 Å². The molecule has 1 N–H and O–H groups in total. The molecule has 50 heavy (non-hydrogen) atoms. The molecule has 16 nitrogen and oxygen atoms in total. The van der Waals surface area contributed by atoms with Crippen LogP contribution in [0.4, 0.5) is 0 Å². The molecule has 1 aliphatic heterocycles. The first kappa shape index (κ1) is 44.1. The second-order valence-electron chi connectivity index (χ2n) is 12.5. The summed E-state index contributed by atoms with van der Waals surface area (Å²) in [6, 6.07) is -0.0889. The van der Waals surface area contributed by atoms with Crippen molar-refractivity contribution in [3.05, 3.63) is 44.0 Å². The molecule has 1 fully saturated rings. The first-order valence-corrected chi connectivity index (χ1v) is 20.3. The lowest BCUT2D eigenvalue weighted by molar-refractivity contribution is -0.154. The topological polar surface area (TPSA) is 170 Å². The maximum absolute atomic E-state index is 13.8. The number of aromatic amines is 1. The number of methoxy groups -OCH3 is 1. The number of carbonyl (C=O) groups excluding carboxylic acids is 1. The predicted molar refractivity (Wildman–Crippen MR) is 189 cm³/mol. The fourth-order valence-corrected chi connectivity index (χ4v) is 8.85. The van der Waals surface area contributed by atoms with Crippen LogP contribution < -0.4 is 11.2 Å². The van der Waals surface area contributed by atoms with Crippen LogP contribution in [0.3, 0.4) is 0 Å². The van der Waals surface area contributed by atoms with E-state index in [2.05, 4.69) is 9.83 Å². The molecule has 0 amide bonds. The second kappa shape index (κ2) is 21.5. The number of aryl methyl sites for hydroxylation is 1. The van der Waals surface area contributed by atoms with Gasteiger partial charge in [0.15, 0.2) is 6.23 Å². The maximum atomic E-state index is 13.8. The Morgan fingerprint density at radius 1 is 1.16 bits per heavy atom. The highest BCUT2D eigenvalue weighted by Gasteiger charge is 2.54. The van der Waals surface area contributed by atoms with E-state index in [9.17, 15) is 18.9 Å². The third-order valence-electron chi connectivity index (χ3n) is 7.68. The fourth-order valence-electron chi connectivity index (χ4n) is 5.51. The van der Waals surface area contributed by atoms with E-state index in [1.165, 1.54) is 31.5 Å². The molecule has 8 atom stereocenters. The Kier molecular flexibility index (Phi) is 19.0. The zero-order valence-corrected chi connectivity index (χ0v) is 32.8. The maximum Gasteiger partial charge on any atom is 0.330 e. The highest BCUT2D eigenvalue weighted by Crippen LogP contribution is 2.52. The Labute approximate surface area is 296 Å². The number of hydrogen-bond donors (Lipinski definition) is 1. The number of hydrogen-bond acceptors (Lipinski definition) is 13. The quantitative estimate of drug-likeness (QED) is 0.0735.